The van der Waals surface area contributed by atoms with Crippen LogP contribution in [0.15, 0.2) is 53.3 Å². The van der Waals surface area contributed by atoms with Crippen LogP contribution in [0.4, 0.5) is 0 Å². The van der Waals surface area contributed by atoms with Crippen LogP contribution in [0.5, 0.6) is 0 Å². The van der Waals surface area contributed by atoms with E-state index in [1.54, 1.807) is 16.9 Å². The van der Waals surface area contributed by atoms with Crippen molar-refractivity contribution in [1.82, 2.24) is 24.7 Å². The van der Waals surface area contributed by atoms with E-state index in [1.807, 2.05) is 50.2 Å². The van der Waals surface area contributed by atoms with Crippen LogP contribution in [-0.4, -0.2) is 31.3 Å². The van der Waals surface area contributed by atoms with Crippen LogP contribution in [-0.2, 0) is 4.74 Å². The zero-order valence-corrected chi connectivity index (χ0v) is 14.0. The van der Waals surface area contributed by atoms with Gasteiger partial charge in [-0.3, -0.25) is 0 Å². The van der Waals surface area contributed by atoms with Crippen molar-refractivity contribution in [3.8, 4) is 11.5 Å². The van der Waals surface area contributed by atoms with E-state index in [2.05, 4.69) is 20.2 Å². The van der Waals surface area contributed by atoms with Crippen molar-refractivity contribution < 1.29 is 9.26 Å². The Kier molecular flexibility index (Phi) is 3.99. The summed E-state index contributed by atoms with van der Waals surface area (Å²) < 4.78 is 13.1. The van der Waals surface area contributed by atoms with Gasteiger partial charge in [0, 0.05) is 18.9 Å². The topological polar surface area (TPSA) is 78.3 Å². The first-order valence-corrected chi connectivity index (χ1v) is 8.07. The third kappa shape index (κ3) is 2.78. The molecule has 0 amide bonds. The molecule has 1 unspecified atom stereocenters. The summed E-state index contributed by atoms with van der Waals surface area (Å²) in [6, 6.07) is 11.7. The molecular formula is C18H17N5O2. The van der Waals surface area contributed by atoms with Gasteiger partial charge in [0.2, 0.25) is 5.82 Å². The minimum Gasteiger partial charge on any atom is -0.366 e. The molecule has 0 bridgehead atoms. The lowest BCUT2D eigenvalue weighted by Gasteiger charge is -2.13. The van der Waals surface area contributed by atoms with Gasteiger partial charge >= 0.3 is 0 Å². The highest BCUT2D eigenvalue weighted by molar-refractivity contribution is 5.57. The van der Waals surface area contributed by atoms with E-state index in [9.17, 15) is 0 Å². The van der Waals surface area contributed by atoms with Crippen molar-refractivity contribution in [2.45, 2.75) is 20.0 Å². The molecule has 0 aliphatic rings. The van der Waals surface area contributed by atoms with Crippen molar-refractivity contribution in [3.05, 3.63) is 65.9 Å². The van der Waals surface area contributed by atoms with Gasteiger partial charge in [-0.1, -0.05) is 35.5 Å². The highest BCUT2D eigenvalue weighted by Gasteiger charge is 2.22. The van der Waals surface area contributed by atoms with Gasteiger partial charge in [-0.25, -0.2) is 9.50 Å². The summed E-state index contributed by atoms with van der Waals surface area (Å²) in [5, 5.41) is 8.39. The SMILES string of the molecule is CCOC(c1ccccc1)c1noc(-c2cnc3ccnn3c2C)n1. The van der Waals surface area contributed by atoms with Gasteiger partial charge in [-0.05, 0) is 19.4 Å². The largest absolute Gasteiger partial charge is 0.366 e. The van der Waals surface area contributed by atoms with Gasteiger partial charge < -0.3 is 9.26 Å². The van der Waals surface area contributed by atoms with Crippen molar-refractivity contribution in [2.24, 2.45) is 0 Å². The molecule has 0 aliphatic carbocycles. The number of fused-ring (bicyclic) bond motifs is 1. The first-order chi connectivity index (χ1) is 12.3. The second-order valence-electron chi connectivity index (χ2n) is 5.56. The molecule has 1 atom stereocenters. The molecule has 3 aromatic heterocycles. The van der Waals surface area contributed by atoms with Crippen LogP contribution in [0.1, 0.15) is 30.1 Å². The summed E-state index contributed by atoms with van der Waals surface area (Å²) in [5.41, 5.74) is 3.39. The van der Waals surface area contributed by atoms with Gasteiger partial charge in [0.15, 0.2) is 5.65 Å². The Morgan fingerprint density at radius 3 is 2.84 bits per heavy atom. The predicted molar refractivity (Wildman–Crippen MR) is 90.9 cm³/mol. The van der Waals surface area contributed by atoms with Crippen LogP contribution in [0.3, 0.4) is 0 Å². The summed E-state index contributed by atoms with van der Waals surface area (Å²) in [6.45, 7) is 4.43. The lowest BCUT2D eigenvalue weighted by atomic mass is 10.1. The summed E-state index contributed by atoms with van der Waals surface area (Å²) in [6.07, 6.45) is 3.06. The van der Waals surface area contributed by atoms with E-state index in [1.165, 1.54) is 0 Å². The molecule has 126 valence electrons. The van der Waals surface area contributed by atoms with Crippen molar-refractivity contribution >= 4 is 5.65 Å². The number of rotatable bonds is 5. The maximum atomic E-state index is 5.83. The molecule has 3 heterocycles. The molecule has 25 heavy (non-hydrogen) atoms. The fraction of sp³-hybridized carbons (Fsp3) is 0.222. The monoisotopic (exact) mass is 335 g/mol. The first-order valence-electron chi connectivity index (χ1n) is 8.07. The summed E-state index contributed by atoms with van der Waals surface area (Å²) >= 11 is 0. The van der Waals surface area contributed by atoms with E-state index >= 15 is 0 Å². The van der Waals surface area contributed by atoms with E-state index in [-0.39, 0.29) is 6.10 Å². The van der Waals surface area contributed by atoms with Crippen LogP contribution >= 0.6 is 0 Å². The minimum absolute atomic E-state index is 0.370. The van der Waals surface area contributed by atoms with Crippen LogP contribution in [0, 0.1) is 6.92 Å². The van der Waals surface area contributed by atoms with Gasteiger partial charge in [-0.15, -0.1) is 0 Å². The maximum Gasteiger partial charge on any atom is 0.261 e. The number of ether oxygens (including phenoxy) is 1. The fourth-order valence-corrected chi connectivity index (χ4v) is 2.77. The van der Waals surface area contributed by atoms with Crippen LogP contribution < -0.4 is 0 Å². The van der Waals surface area contributed by atoms with Crippen LogP contribution in [0.2, 0.25) is 0 Å². The predicted octanol–water partition coefficient (Wildman–Crippen LogP) is 3.21. The number of hydrogen-bond acceptors (Lipinski definition) is 6. The highest BCUT2D eigenvalue weighted by Crippen LogP contribution is 2.27. The number of nitrogens with zero attached hydrogens (tertiary/aromatic N) is 5. The van der Waals surface area contributed by atoms with E-state index in [4.69, 9.17) is 9.26 Å². The second kappa shape index (κ2) is 6.45. The lowest BCUT2D eigenvalue weighted by molar-refractivity contribution is 0.0833. The minimum atomic E-state index is -0.370. The smallest absolute Gasteiger partial charge is 0.261 e. The highest BCUT2D eigenvalue weighted by atomic mass is 16.5. The Labute approximate surface area is 144 Å². The molecule has 0 aliphatic heterocycles. The average Bonchev–Trinajstić information content (AvgIpc) is 3.30. The average molecular weight is 335 g/mol. The van der Waals surface area contributed by atoms with E-state index < -0.39 is 0 Å². The number of benzene rings is 1. The molecule has 1 aromatic carbocycles. The molecule has 0 radical (unpaired) electrons. The molecule has 0 saturated carbocycles. The quantitative estimate of drug-likeness (QED) is 0.557. The third-order valence-electron chi connectivity index (χ3n) is 4.00. The molecule has 0 spiro atoms. The van der Waals surface area contributed by atoms with E-state index in [0.717, 1.165) is 22.5 Å². The zero-order chi connectivity index (χ0) is 17.2. The lowest BCUT2D eigenvalue weighted by Crippen LogP contribution is -2.08. The Bertz CT molecular complexity index is 993. The molecule has 0 N–H and O–H groups in total. The Balaban J connectivity index is 1.74. The Morgan fingerprint density at radius 2 is 2.04 bits per heavy atom. The Hall–Kier alpha value is -3.06. The number of aromatic nitrogens is 5. The molecule has 7 heteroatoms. The fourth-order valence-electron chi connectivity index (χ4n) is 2.77. The number of hydrogen-bond donors (Lipinski definition) is 0. The van der Waals surface area contributed by atoms with Crippen molar-refractivity contribution in [2.75, 3.05) is 6.61 Å². The number of aryl methyl sites for hydroxylation is 1. The summed E-state index contributed by atoms with van der Waals surface area (Å²) in [4.78, 5) is 8.91. The summed E-state index contributed by atoms with van der Waals surface area (Å²) in [5.74, 6) is 0.890. The van der Waals surface area contributed by atoms with Gasteiger partial charge in [0.25, 0.3) is 5.89 Å². The molecule has 7 nitrogen and oxygen atoms in total. The standard InChI is InChI=1S/C18H17N5O2/c1-3-24-16(13-7-5-4-6-8-13)17-21-18(25-22-17)14-11-19-15-9-10-20-23(15)12(14)2/h4-11,16H,3H2,1-2H3. The van der Waals surface area contributed by atoms with Crippen LogP contribution in [0.25, 0.3) is 17.1 Å². The molecule has 4 aromatic rings. The molecule has 4 rings (SSSR count). The molecule has 0 fully saturated rings. The van der Waals surface area contributed by atoms with Crippen molar-refractivity contribution in [3.63, 3.8) is 0 Å². The second-order valence-corrected chi connectivity index (χ2v) is 5.56. The van der Waals surface area contributed by atoms with Crippen molar-refractivity contribution in [1.29, 1.82) is 0 Å². The normalized spacial score (nSPS) is 12.6. The zero-order valence-electron chi connectivity index (χ0n) is 14.0. The maximum absolute atomic E-state index is 5.83. The third-order valence-corrected chi connectivity index (χ3v) is 4.00. The van der Waals surface area contributed by atoms with Gasteiger partial charge in [-0.2, -0.15) is 10.1 Å². The molecular weight excluding hydrogens is 318 g/mol. The van der Waals surface area contributed by atoms with E-state index in [0.29, 0.717) is 18.3 Å². The first kappa shape index (κ1) is 15.5. The summed E-state index contributed by atoms with van der Waals surface area (Å²) in [7, 11) is 0. The van der Waals surface area contributed by atoms with Gasteiger partial charge in [0.1, 0.15) is 6.10 Å². The molecule has 0 saturated heterocycles. The Morgan fingerprint density at radius 1 is 1.20 bits per heavy atom. The van der Waals surface area contributed by atoms with Gasteiger partial charge in [0.05, 0.1) is 17.5 Å².